The maximum absolute atomic E-state index is 10.5. The van der Waals surface area contributed by atoms with Crippen molar-refractivity contribution in [1.82, 2.24) is 0 Å². The number of carbonyl (C=O) groups is 1. The van der Waals surface area contributed by atoms with Crippen LogP contribution in [-0.4, -0.2) is 18.2 Å². The first kappa shape index (κ1) is 6.51. The van der Waals surface area contributed by atoms with Crippen molar-refractivity contribution in [2.75, 3.05) is 6.61 Å². The molecule has 0 saturated carbocycles. The molecule has 1 aliphatic rings. The normalized spacial score (nSPS) is 34.8. The Kier molecular flexibility index (Phi) is 1.42. The second-order valence-electron chi connectivity index (χ2n) is 2.21. The number of ether oxygens (including phenoxy) is 1. The minimum atomic E-state index is -1.17. The van der Waals surface area contributed by atoms with E-state index in [9.17, 15) is 4.79 Å². The molecule has 1 amide bonds. The van der Waals surface area contributed by atoms with E-state index in [0.717, 1.165) is 6.42 Å². The number of primary amides is 1. The molecule has 4 N–H and O–H groups in total. The Bertz CT molecular complexity index is 129. The zero-order valence-electron chi connectivity index (χ0n) is 5.09. The molecule has 0 spiro atoms. The molecule has 0 aromatic carbocycles. The van der Waals surface area contributed by atoms with Gasteiger partial charge in [0.15, 0.2) is 5.72 Å². The van der Waals surface area contributed by atoms with E-state index < -0.39 is 11.6 Å². The summed E-state index contributed by atoms with van der Waals surface area (Å²) in [6.07, 6.45) is 1.36. The Morgan fingerprint density at radius 3 is 2.56 bits per heavy atom. The molecule has 0 aromatic heterocycles. The predicted molar refractivity (Wildman–Crippen MR) is 31.3 cm³/mol. The summed E-state index contributed by atoms with van der Waals surface area (Å²) < 4.78 is 4.91. The summed E-state index contributed by atoms with van der Waals surface area (Å²) in [5, 5.41) is 0. The Morgan fingerprint density at radius 1 is 1.67 bits per heavy atom. The third kappa shape index (κ3) is 1.04. The van der Waals surface area contributed by atoms with Crippen LogP contribution in [0, 0.1) is 0 Å². The second-order valence-corrected chi connectivity index (χ2v) is 2.21. The van der Waals surface area contributed by atoms with Crippen LogP contribution < -0.4 is 11.5 Å². The van der Waals surface area contributed by atoms with Crippen molar-refractivity contribution < 1.29 is 9.53 Å². The molecule has 0 aromatic rings. The molecular formula is C5H10N2O2. The lowest BCUT2D eigenvalue weighted by Crippen LogP contribution is -2.51. The minimum absolute atomic E-state index is 0.541. The summed E-state index contributed by atoms with van der Waals surface area (Å²) in [5.74, 6) is -0.569. The highest BCUT2D eigenvalue weighted by Gasteiger charge is 2.36. The summed E-state index contributed by atoms with van der Waals surface area (Å²) in [5.41, 5.74) is 9.18. The number of amides is 1. The summed E-state index contributed by atoms with van der Waals surface area (Å²) >= 11 is 0. The third-order valence-corrected chi connectivity index (χ3v) is 1.47. The fraction of sp³-hybridized carbons (Fsp3) is 0.800. The van der Waals surface area contributed by atoms with Gasteiger partial charge in [0.2, 0.25) is 0 Å². The van der Waals surface area contributed by atoms with Gasteiger partial charge in [-0.05, 0) is 6.42 Å². The number of rotatable bonds is 1. The summed E-state index contributed by atoms with van der Waals surface area (Å²) in [7, 11) is 0. The lowest BCUT2D eigenvalue weighted by Gasteiger charge is -2.17. The smallest absolute Gasteiger partial charge is 0.264 e. The van der Waals surface area contributed by atoms with Crippen molar-refractivity contribution in [2.24, 2.45) is 11.5 Å². The first-order valence-electron chi connectivity index (χ1n) is 2.88. The molecule has 1 fully saturated rings. The highest BCUT2D eigenvalue weighted by atomic mass is 16.5. The third-order valence-electron chi connectivity index (χ3n) is 1.47. The fourth-order valence-electron chi connectivity index (χ4n) is 0.856. The topological polar surface area (TPSA) is 78.3 Å². The van der Waals surface area contributed by atoms with Crippen molar-refractivity contribution in [3.63, 3.8) is 0 Å². The average molecular weight is 130 g/mol. The lowest BCUT2D eigenvalue weighted by atomic mass is 10.1. The van der Waals surface area contributed by atoms with Crippen LogP contribution in [-0.2, 0) is 9.53 Å². The molecule has 4 heteroatoms. The highest BCUT2D eigenvalue weighted by Crippen LogP contribution is 2.18. The SMILES string of the molecule is NC(=O)C1(N)CCCO1. The van der Waals surface area contributed by atoms with Gasteiger partial charge in [0, 0.05) is 13.0 Å². The van der Waals surface area contributed by atoms with E-state index >= 15 is 0 Å². The van der Waals surface area contributed by atoms with Crippen LogP contribution in [0.5, 0.6) is 0 Å². The van der Waals surface area contributed by atoms with Gasteiger partial charge < -0.3 is 10.5 Å². The van der Waals surface area contributed by atoms with Crippen LogP contribution in [0.3, 0.4) is 0 Å². The zero-order valence-corrected chi connectivity index (χ0v) is 5.09. The standard InChI is InChI=1S/C5H10N2O2/c6-4(8)5(7)2-1-3-9-5/h1-3,7H2,(H2,6,8). The van der Waals surface area contributed by atoms with Gasteiger partial charge in [-0.15, -0.1) is 0 Å². The van der Waals surface area contributed by atoms with Crippen LogP contribution in [0.2, 0.25) is 0 Å². The first-order valence-corrected chi connectivity index (χ1v) is 2.88. The van der Waals surface area contributed by atoms with Crippen molar-refractivity contribution >= 4 is 5.91 Å². The van der Waals surface area contributed by atoms with Crippen molar-refractivity contribution in [3.05, 3.63) is 0 Å². The molecule has 9 heavy (non-hydrogen) atoms. The van der Waals surface area contributed by atoms with Gasteiger partial charge >= 0.3 is 0 Å². The molecule has 4 nitrogen and oxygen atoms in total. The summed E-state index contributed by atoms with van der Waals surface area (Å²) in [6.45, 7) is 0.541. The molecule has 0 radical (unpaired) electrons. The predicted octanol–water partition coefficient (Wildman–Crippen LogP) is -1.06. The Hall–Kier alpha value is -0.610. The van der Waals surface area contributed by atoms with E-state index in [0.29, 0.717) is 13.0 Å². The van der Waals surface area contributed by atoms with Crippen molar-refractivity contribution in [3.8, 4) is 0 Å². The van der Waals surface area contributed by atoms with Gasteiger partial charge in [0.1, 0.15) is 0 Å². The Morgan fingerprint density at radius 2 is 2.33 bits per heavy atom. The maximum atomic E-state index is 10.5. The summed E-state index contributed by atoms with van der Waals surface area (Å²) in [6, 6.07) is 0. The van der Waals surface area contributed by atoms with Crippen LogP contribution in [0.1, 0.15) is 12.8 Å². The molecule has 0 aliphatic carbocycles. The van der Waals surface area contributed by atoms with Crippen molar-refractivity contribution in [1.29, 1.82) is 0 Å². The molecule has 1 atom stereocenters. The molecule has 1 saturated heterocycles. The molecular weight excluding hydrogens is 120 g/mol. The molecule has 0 bridgehead atoms. The fourth-order valence-corrected chi connectivity index (χ4v) is 0.856. The van der Waals surface area contributed by atoms with E-state index in [2.05, 4.69) is 0 Å². The maximum Gasteiger partial charge on any atom is 0.264 e. The van der Waals surface area contributed by atoms with Gasteiger partial charge in [-0.25, -0.2) is 0 Å². The number of hydrogen-bond donors (Lipinski definition) is 2. The van der Waals surface area contributed by atoms with E-state index in [1.54, 1.807) is 0 Å². The van der Waals surface area contributed by atoms with E-state index in [1.165, 1.54) is 0 Å². The van der Waals surface area contributed by atoms with E-state index in [1.807, 2.05) is 0 Å². The lowest BCUT2D eigenvalue weighted by molar-refractivity contribution is -0.137. The van der Waals surface area contributed by atoms with Crippen LogP contribution in [0.15, 0.2) is 0 Å². The second kappa shape index (κ2) is 1.97. The number of nitrogens with two attached hydrogens (primary N) is 2. The molecule has 1 unspecified atom stereocenters. The van der Waals surface area contributed by atoms with E-state index in [-0.39, 0.29) is 0 Å². The van der Waals surface area contributed by atoms with Gasteiger partial charge in [-0.2, -0.15) is 0 Å². The van der Waals surface area contributed by atoms with Gasteiger partial charge in [-0.1, -0.05) is 0 Å². The van der Waals surface area contributed by atoms with Gasteiger partial charge in [0.05, 0.1) is 0 Å². The quantitative estimate of drug-likeness (QED) is 0.474. The molecule has 52 valence electrons. The molecule has 1 rings (SSSR count). The summed E-state index contributed by atoms with van der Waals surface area (Å²) in [4.78, 5) is 10.5. The van der Waals surface area contributed by atoms with Crippen LogP contribution >= 0.6 is 0 Å². The van der Waals surface area contributed by atoms with Crippen LogP contribution in [0.25, 0.3) is 0 Å². The number of carbonyl (C=O) groups excluding carboxylic acids is 1. The van der Waals surface area contributed by atoms with E-state index in [4.69, 9.17) is 16.2 Å². The average Bonchev–Trinajstić information content (AvgIpc) is 2.16. The molecule has 1 aliphatic heterocycles. The van der Waals surface area contributed by atoms with Crippen molar-refractivity contribution in [2.45, 2.75) is 18.6 Å². The number of hydrogen-bond acceptors (Lipinski definition) is 3. The minimum Gasteiger partial charge on any atom is -0.366 e. The first-order chi connectivity index (χ1) is 4.15. The van der Waals surface area contributed by atoms with Gasteiger partial charge in [-0.3, -0.25) is 10.5 Å². The Balaban J connectivity index is 2.61. The largest absolute Gasteiger partial charge is 0.366 e. The zero-order chi connectivity index (χ0) is 6.91. The highest BCUT2D eigenvalue weighted by molar-refractivity contribution is 5.82. The Labute approximate surface area is 53.1 Å². The van der Waals surface area contributed by atoms with Crippen LogP contribution in [0.4, 0.5) is 0 Å². The molecule has 1 heterocycles. The monoisotopic (exact) mass is 130 g/mol. The van der Waals surface area contributed by atoms with Gasteiger partial charge in [0.25, 0.3) is 5.91 Å².